The first-order valence-electron chi connectivity index (χ1n) is 7.27. The number of hydrogen-bond donors (Lipinski definition) is 1. The molecule has 2 atom stereocenters. The maximum absolute atomic E-state index is 12.4. The van der Waals surface area contributed by atoms with E-state index in [-0.39, 0.29) is 23.5 Å². The van der Waals surface area contributed by atoms with Crippen LogP contribution in [0.1, 0.15) is 54.9 Å². The highest BCUT2D eigenvalue weighted by molar-refractivity contribution is 5.84. The molecule has 1 aliphatic heterocycles. The van der Waals surface area contributed by atoms with Gasteiger partial charge in [0.15, 0.2) is 0 Å². The summed E-state index contributed by atoms with van der Waals surface area (Å²) in [5, 5.41) is 3.48. The predicted octanol–water partition coefficient (Wildman–Crippen LogP) is 2.86. The van der Waals surface area contributed by atoms with Crippen LogP contribution in [0, 0.1) is 17.3 Å². The summed E-state index contributed by atoms with van der Waals surface area (Å²) < 4.78 is 0. The molecule has 1 rings (SSSR count). The smallest absolute Gasteiger partial charge is 0.241 e. The van der Waals surface area contributed by atoms with Crippen LogP contribution >= 0.6 is 0 Å². The summed E-state index contributed by atoms with van der Waals surface area (Å²) in [7, 11) is 0. The van der Waals surface area contributed by atoms with Gasteiger partial charge >= 0.3 is 0 Å². The van der Waals surface area contributed by atoms with Gasteiger partial charge in [0.05, 0.1) is 12.2 Å². The second kappa shape index (κ2) is 5.60. The Labute approximate surface area is 112 Å². The molecule has 1 fully saturated rings. The Balaban J connectivity index is 2.86. The minimum Gasteiger partial charge on any atom is -0.325 e. The SMILES string of the molecule is CCC1NC(C(C)C)N(CC(C)(C)C(C)C)C1=O. The van der Waals surface area contributed by atoms with Crippen molar-refractivity contribution in [2.75, 3.05) is 6.54 Å². The summed E-state index contributed by atoms with van der Waals surface area (Å²) >= 11 is 0. The Kier molecular flexibility index (Phi) is 4.82. The zero-order chi connectivity index (χ0) is 14.1. The van der Waals surface area contributed by atoms with Crippen LogP contribution in [-0.4, -0.2) is 29.6 Å². The Morgan fingerprint density at radius 3 is 2.22 bits per heavy atom. The number of carbonyl (C=O) groups excluding carboxylic acids is 1. The van der Waals surface area contributed by atoms with Gasteiger partial charge < -0.3 is 4.90 Å². The Morgan fingerprint density at radius 2 is 1.83 bits per heavy atom. The molecule has 0 spiro atoms. The van der Waals surface area contributed by atoms with E-state index in [9.17, 15) is 4.79 Å². The highest BCUT2D eigenvalue weighted by atomic mass is 16.2. The van der Waals surface area contributed by atoms with Crippen molar-refractivity contribution in [1.29, 1.82) is 0 Å². The van der Waals surface area contributed by atoms with Crippen molar-refractivity contribution in [3.63, 3.8) is 0 Å². The molecule has 18 heavy (non-hydrogen) atoms. The second-order valence-corrected chi connectivity index (χ2v) is 6.93. The van der Waals surface area contributed by atoms with E-state index in [0.717, 1.165) is 13.0 Å². The van der Waals surface area contributed by atoms with Crippen molar-refractivity contribution in [2.45, 2.75) is 67.1 Å². The van der Waals surface area contributed by atoms with Crippen LogP contribution in [0.4, 0.5) is 0 Å². The van der Waals surface area contributed by atoms with Crippen LogP contribution in [0.3, 0.4) is 0 Å². The first-order chi connectivity index (χ1) is 8.20. The summed E-state index contributed by atoms with van der Waals surface area (Å²) in [5.74, 6) is 1.30. The molecule has 0 aromatic carbocycles. The third-order valence-corrected chi connectivity index (χ3v) is 4.47. The number of nitrogens with one attached hydrogen (secondary N) is 1. The van der Waals surface area contributed by atoms with Gasteiger partial charge in [-0.25, -0.2) is 0 Å². The fourth-order valence-corrected chi connectivity index (χ4v) is 2.35. The van der Waals surface area contributed by atoms with E-state index < -0.39 is 0 Å². The Hall–Kier alpha value is -0.570. The van der Waals surface area contributed by atoms with Gasteiger partial charge in [0.2, 0.25) is 5.91 Å². The van der Waals surface area contributed by atoms with Crippen molar-refractivity contribution >= 4 is 5.91 Å². The second-order valence-electron chi connectivity index (χ2n) is 6.93. The highest BCUT2D eigenvalue weighted by Crippen LogP contribution is 2.30. The van der Waals surface area contributed by atoms with Gasteiger partial charge in [-0.3, -0.25) is 10.1 Å². The monoisotopic (exact) mass is 254 g/mol. The molecule has 2 unspecified atom stereocenters. The van der Waals surface area contributed by atoms with Crippen molar-refractivity contribution in [2.24, 2.45) is 17.3 Å². The summed E-state index contributed by atoms with van der Waals surface area (Å²) in [6, 6.07) is 0.0142. The summed E-state index contributed by atoms with van der Waals surface area (Å²) in [5.41, 5.74) is 0.160. The first-order valence-corrected chi connectivity index (χ1v) is 7.27. The van der Waals surface area contributed by atoms with Gasteiger partial charge in [-0.05, 0) is 23.7 Å². The minimum absolute atomic E-state index is 0.0142. The van der Waals surface area contributed by atoms with E-state index in [2.05, 4.69) is 58.7 Å². The van der Waals surface area contributed by atoms with E-state index in [0.29, 0.717) is 11.8 Å². The average molecular weight is 254 g/mol. The molecule has 0 aromatic heterocycles. The molecular formula is C15H30N2O. The van der Waals surface area contributed by atoms with Crippen LogP contribution in [0.2, 0.25) is 0 Å². The molecular weight excluding hydrogens is 224 g/mol. The number of carbonyl (C=O) groups is 1. The molecule has 0 aliphatic carbocycles. The van der Waals surface area contributed by atoms with Gasteiger partial charge in [-0.1, -0.05) is 48.5 Å². The molecule has 0 saturated carbocycles. The molecule has 3 heteroatoms. The van der Waals surface area contributed by atoms with E-state index >= 15 is 0 Å². The lowest BCUT2D eigenvalue weighted by Crippen LogP contribution is -2.46. The first kappa shape index (κ1) is 15.5. The Bertz CT molecular complexity index is 297. The number of hydrogen-bond acceptors (Lipinski definition) is 2. The zero-order valence-corrected chi connectivity index (χ0v) is 13.1. The average Bonchev–Trinajstić information content (AvgIpc) is 2.55. The van der Waals surface area contributed by atoms with Gasteiger partial charge in [0.25, 0.3) is 0 Å². The lowest BCUT2D eigenvalue weighted by Gasteiger charge is -2.37. The van der Waals surface area contributed by atoms with Crippen molar-refractivity contribution in [1.82, 2.24) is 10.2 Å². The van der Waals surface area contributed by atoms with Crippen LogP contribution in [0.15, 0.2) is 0 Å². The molecule has 1 amide bonds. The van der Waals surface area contributed by atoms with Crippen molar-refractivity contribution < 1.29 is 4.79 Å². The van der Waals surface area contributed by atoms with Crippen LogP contribution in [0.5, 0.6) is 0 Å². The van der Waals surface area contributed by atoms with E-state index in [1.165, 1.54) is 0 Å². The lowest BCUT2D eigenvalue weighted by molar-refractivity contribution is -0.132. The topological polar surface area (TPSA) is 32.3 Å². The maximum atomic E-state index is 12.4. The van der Waals surface area contributed by atoms with Crippen LogP contribution in [0.25, 0.3) is 0 Å². The molecule has 0 radical (unpaired) electrons. The third kappa shape index (κ3) is 3.05. The summed E-state index contributed by atoms with van der Waals surface area (Å²) in [4.78, 5) is 14.5. The number of rotatable bonds is 5. The van der Waals surface area contributed by atoms with E-state index in [1.54, 1.807) is 0 Å². The molecule has 0 bridgehead atoms. The normalized spacial score (nSPS) is 25.6. The van der Waals surface area contributed by atoms with Crippen molar-refractivity contribution in [3.8, 4) is 0 Å². The van der Waals surface area contributed by atoms with Gasteiger partial charge in [-0.2, -0.15) is 0 Å². The molecule has 1 aliphatic rings. The third-order valence-electron chi connectivity index (χ3n) is 4.47. The number of amides is 1. The quantitative estimate of drug-likeness (QED) is 0.818. The van der Waals surface area contributed by atoms with E-state index in [4.69, 9.17) is 0 Å². The Morgan fingerprint density at radius 1 is 1.28 bits per heavy atom. The largest absolute Gasteiger partial charge is 0.325 e. The molecule has 106 valence electrons. The standard InChI is InChI=1S/C15H30N2O/c1-8-12-14(18)17(13(16-12)10(2)3)9-15(6,7)11(4)5/h10-13,16H,8-9H2,1-7H3. The maximum Gasteiger partial charge on any atom is 0.241 e. The fourth-order valence-electron chi connectivity index (χ4n) is 2.35. The van der Waals surface area contributed by atoms with Gasteiger partial charge in [-0.15, -0.1) is 0 Å². The fraction of sp³-hybridized carbons (Fsp3) is 0.933. The summed E-state index contributed by atoms with van der Waals surface area (Å²) in [6.07, 6.45) is 1.07. The zero-order valence-electron chi connectivity index (χ0n) is 13.1. The van der Waals surface area contributed by atoms with Gasteiger partial charge in [0.1, 0.15) is 0 Å². The lowest BCUT2D eigenvalue weighted by atomic mass is 9.80. The van der Waals surface area contributed by atoms with Crippen molar-refractivity contribution in [3.05, 3.63) is 0 Å². The van der Waals surface area contributed by atoms with E-state index in [1.807, 2.05) is 0 Å². The molecule has 0 aromatic rings. The highest BCUT2D eigenvalue weighted by Gasteiger charge is 2.41. The molecule has 1 saturated heterocycles. The van der Waals surface area contributed by atoms with Gasteiger partial charge in [0, 0.05) is 6.54 Å². The number of nitrogens with zero attached hydrogens (tertiary/aromatic N) is 1. The molecule has 1 heterocycles. The minimum atomic E-state index is 0.0142. The van der Waals surface area contributed by atoms with Crippen LogP contribution < -0.4 is 5.32 Å². The predicted molar refractivity (Wildman–Crippen MR) is 76.2 cm³/mol. The van der Waals surface area contributed by atoms with Crippen LogP contribution in [-0.2, 0) is 4.79 Å². The summed E-state index contributed by atoms with van der Waals surface area (Å²) in [6.45, 7) is 16.2. The molecule has 3 nitrogen and oxygen atoms in total. The molecule has 1 N–H and O–H groups in total.